The molecule has 0 spiro atoms. The van der Waals surface area contributed by atoms with Gasteiger partial charge in [-0.3, -0.25) is 9.48 Å². The number of aromatic nitrogens is 2. The summed E-state index contributed by atoms with van der Waals surface area (Å²) in [6.45, 7) is 2.41. The molecule has 180 valence electrons. The lowest BCUT2D eigenvalue weighted by atomic mass is 10.1. The summed E-state index contributed by atoms with van der Waals surface area (Å²) < 4.78 is 26.2. The Bertz CT molecular complexity index is 1360. The van der Waals surface area contributed by atoms with Crippen LogP contribution in [0.4, 0.5) is 10.2 Å². The SMILES string of the molecule is COc1ccc(C(=O)Nc2cc(C)n(Cc3ccc(F)cc3Cl)n2)cc1COc1ccc(Cl)cc1. The largest absolute Gasteiger partial charge is 0.496 e. The summed E-state index contributed by atoms with van der Waals surface area (Å²) in [6.07, 6.45) is 0. The fourth-order valence-corrected chi connectivity index (χ4v) is 3.81. The average Bonchev–Trinajstić information content (AvgIpc) is 3.18. The Morgan fingerprint density at radius 2 is 1.80 bits per heavy atom. The van der Waals surface area contributed by atoms with Crippen LogP contribution in [0.3, 0.4) is 0 Å². The van der Waals surface area contributed by atoms with Gasteiger partial charge in [-0.1, -0.05) is 29.3 Å². The van der Waals surface area contributed by atoms with Crippen molar-refractivity contribution in [1.82, 2.24) is 9.78 Å². The highest BCUT2D eigenvalue weighted by atomic mass is 35.5. The van der Waals surface area contributed by atoms with Gasteiger partial charge in [-0.2, -0.15) is 5.10 Å². The van der Waals surface area contributed by atoms with Gasteiger partial charge in [-0.25, -0.2) is 4.39 Å². The molecule has 0 bridgehead atoms. The van der Waals surface area contributed by atoms with Crippen LogP contribution in [-0.2, 0) is 13.2 Å². The molecule has 1 aromatic heterocycles. The summed E-state index contributed by atoms with van der Waals surface area (Å²) in [5.41, 5.74) is 2.67. The van der Waals surface area contributed by atoms with Crippen molar-refractivity contribution >= 4 is 34.9 Å². The second-order valence-electron chi connectivity index (χ2n) is 7.79. The van der Waals surface area contributed by atoms with Crippen molar-refractivity contribution < 1.29 is 18.7 Å². The number of methoxy groups -OCH3 is 1. The Hall–Kier alpha value is -3.55. The predicted octanol–water partition coefficient (Wildman–Crippen LogP) is 6.53. The first-order valence-electron chi connectivity index (χ1n) is 10.7. The number of hydrogen-bond acceptors (Lipinski definition) is 4. The maximum Gasteiger partial charge on any atom is 0.256 e. The molecule has 0 aliphatic heterocycles. The van der Waals surface area contributed by atoms with E-state index >= 15 is 0 Å². The highest BCUT2D eigenvalue weighted by molar-refractivity contribution is 6.31. The monoisotopic (exact) mass is 513 g/mol. The van der Waals surface area contributed by atoms with E-state index in [0.29, 0.717) is 45.0 Å². The highest BCUT2D eigenvalue weighted by Crippen LogP contribution is 2.24. The molecule has 4 aromatic rings. The summed E-state index contributed by atoms with van der Waals surface area (Å²) in [5, 5.41) is 8.19. The molecule has 0 saturated carbocycles. The number of anilines is 1. The zero-order valence-electron chi connectivity index (χ0n) is 19.0. The lowest BCUT2D eigenvalue weighted by molar-refractivity contribution is 0.102. The average molecular weight is 514 g/mol. The van der Waals surface area contributed by atoms with Crippen molar-refractivity contribution in [2.75, 3.05) is 12.4 Å². The van der Waals surface area contributed by atoms with Gasteiger partial charge in [0, 0.05) is 32.9 Å². The van der Waals surface area contributed by atoms with Crippen molar-refractivity contribution in [3.05, 3.63) is 105 Å². The molecule has 3 aromatic carbocycles. The number of halogens is 3. The molecule has 0 unspecified atom stereocenters. The van der Waals surface area contributed by atoms with E-state index in [0.717, 1.165) is 11.3 Å². The first-order valence-corrected chi connectivity index (χ1v) is 11.4. The molecule has 0 radical (unpaired) electrons. The van der Waals surface area contributed by atoms with Crippen LogP contribution in [0.1, 0.15) is 27.2 Å². The van der Waals surface area contributed by atoms with E-state index in [1.165, 1.54) is 12.1 Å². The van der Waals surface area contributed by atoms with Crippen LogP contribution in [-0.4, -0.2) is 22.8 Å². The first-order chi connectivity index (χ1) is 16.8. The molecule has 0 atom stereocenters. The van der Waals surface area contributed by atoms with E-state index in [1.54, 1.807) is 66.4 Å². The van der Waals surface area contributed by atoms with E-state index in [1.807, 2.05) is 6.92 Å². The fourth-order valence-electron chi connectivity index (χ4n) is 3.46. The van der Waals surface area contributed by atoms with Gasteiger partial charge >= 0.3 is 0 Å². The molecule has 9 heteroatoms. The molecule has 0 fully saturated rings. The first kappa shape index (κ1) is 24.6. The summed E-state index contributed by atoms with van der Waals surface area (Å²) in [6, 6.07) is 18.1. The van der Waals surface area contributed by atoms with Crippen LogP contribution < -0.4 is 14.8 Å². The van der Waals surface area contributed by atoms with Crippen molar-refractivity contribution in [1.29, 1.82) is 0 Å². The number of benzene rings is 3. The maximum atomic E-state index is 13.3. The number of amides is 1. The van der Waals surface area contributed by atoms with E-state index in [4.69, 9.17) is 32.7 Å². The quantitative estimate of drug-likeness (QED) is 0.291. The molecule has 0 aliphatic carbocycles. The Morgan fingerprint density at radius 3 is 2.51 bits per heavy atom. The number of aryl methyl sites for hydroxylation is 1. The number of carbonyl (C=O) groups excluding carboxylic acids is 1. The molecule has 1 heterocycles. The van der Waals surface area contributed by atoms with Crippen LogP contribution in [0.2, 0.25) is 10.0 Å². The third-order valence-corrected chi connectivity index (χ3v) is 5.91. The van der Waals surface area contributed by atoms with E-state index < -0.39 is 5.82 Å². The molecule has 6 nitrogen and oxygen atoms in total. The zero-order chi connectivity index (χ0) is 24.9. The fraction of sp³-hybridized carbons (Fsp3) is 0.154. The van der Waals surface area contributed by atoms with E-state index in [9.17, 15) is 9.18 Å². The molecule has 4 rings (SSSR count). The Labute approximate surface area is 212 Å². The van der Waals surface area contributed by atoms with Crippen LogP contribution in [0.5, 0.6) is 11.5 Å². The molecular formula is C26H22Cl2FN3O3. The van der Waals surface area contributed by atoms with Crippen LogP contribution in [0, 0.1) is 12.7 Å². The topological polar surface area (TPSA) is 65.4 Å². The second kappa shape index (κ2) is 10.8. The van der Waals surface area contributed by atoms with Gasteiger partial charge in [-0.05, 0) is 67.1 Å². The summed E-state index contributed by atoms with van der Waals surface area (Å²) >= 11 is 12.1. The number of nitrogens with one attached hydrogen (secondary N) is 1. The standard InChI is InChI=1S/C26H22Cl2FN3O3/c1-16-11-25(31-32(16)14-18-3-7-21(29)13-23(18)28)30-26(33)17-4-10-24(34-2)19(12-17)15-35-22-8-5-20(27)6-9-22/h3-13H,14-15H2,1-2H3,(H,30,31,33). The minimum Gasteiger partial charge on any atom is -0.496 e. The highest BCUT2D eigenvalue weighted by Gasteiger charge is 2.14. The smallest absolute Gasteiger partial charge is 0.256 e. The minimum atomic E-state index is -0.402. The van der Waals surface area contributed by atoms with Crippen LogP contribution in [0.25, 0.3) is 0 Å². The van der Waals surface area contributed by atoms with Crippen molar-refractivity contribution in [2.45, 2.75) is 20.1 Å². The van der Waals surface area contributed by atoms with Crippen molar-refractivity contribution in [3.8, 4) is 11.5 Å². The number of nitrogens with zero attached hydrogens (tertiary/aromatic N) is 2. The predicted molar refractivity (Wildman–Crippen MR) is 134 cm³/mol. The number of rotatable bonds is 8. The summed E-state index contributed by atoms with van der Waals surface area (Å²) in [4.78, 5) is 12.9. The molecular weight excluding hydrogens is 492 g/mol. The lowest BCUT2D eigenvalue weighted by Crippen LogP contribution is -2.14. The van der Waals surface area contributed by atoms with Gasteiger partial charge in [0.1, 0.15) is 23.9 Å². The summed E-state index contributed by atoms with van der Waals surface area (Å²) in [5.74, 6) is 0.909. The molecule has 0 saturated heterocycles. The molecule has 1 amide bonds. The Morgan fingerprint density at radius 1 is 1.03 bits per heavy atom. The van der Waals surface area contributed by atoms with Gasteiger partial charge in [0.15, 0.2) is 5.82 Å². The van der Waals surface area contributed by atoms with Gasteiger partial charge in [0.05, 0.1) is 13.7 Å². The maximum absolute atomic E-state index is 13.3. The van der Waals surface area contributed by atoms with Crippen molar-refractivity contribution in [3.63, 3.8) is 0 Å². The third-order valence-electron chi connectivity index (χ3n) is 5.31. The summed E-state index contributed by atoms with van der Waals surface area (Å²) in [7, 11) is 1.56. The Kier molecular flexibility index (Phi) is 7.58. The van der Waals surface area contributed by atoms with Gasteiger partial charge in [-0.15, -0.1) is 0 Å². The lowest BCUT2D eigenvalue weighted by Gasteiger charge is -2.12. The molecule has 0 aliphatic rings. The van der Waals surface area contributed by atoms with Crippen LogP contribution in [0.15, 0.2) is 66.7 Å². The number of hydrogen-bond donors (Lipinski definition) is 1. The Balaban J connectivity index is 1.47. The van der Waals surface area contributed by atoms with Crippen LogP contribution >= 0.6 is 23.2 Å². The second-order valence-corrected chi connectivity index (χ2v) is 8.63. The zero-order valence-corrected chi connectivity index (χ0v) is 20.5. The van der Waals surface area contributed by atoms with Gasteiger partial charge < -0.3 is 14.8 Å². The molecule has 1 N–H and O–H groups in total. The third kappa shape index (κ3) is 6.12. The van der Waals surface area contributed by atoms with Crippen molar-refractivity contribution in [2.24, 2.45) is 0 Å². The number of ether oxygens (including phenoxy) is 2. The molecule has 35 heavy (non-hydrogen) atoms. The number of carbonyl (C=O) groups is 1. The normalized spacial score (nSPS) is 10.8. The minimum absolute atomic E-state index is 0.206. The van der Waals surface area contributed by atoms with E-state index in [-0.39, 0.29) is 12.5 Å². The van der Waals surface area contributed by atoms with Gasteiger partial charge in [0.2, 0.25) is 0 Å². The van der Waals surface area contributed by atoms with E-state index in [2.05, 4.69) is 10.4 Å². The van der Waals surface area contributed by atoms with Gasteiger partial charge in [0.25, 0.3) is 5.91 Å².